The van der Waals surface area contributed by atoms with Crippen molar-refractivity contribution in [3.05, 3.63) is 0 Å². The normalized spacial score (nSPS) is 17.1. The molecule has 1 fully saturated rings. The second kappa shape index (κ2) is 7.60. The highest BCUT2D eigenvalue weighted by Crippen LogP contribution is 2.28. The van der Waals surface area contributed by atoms with E-state index in [2.05, 4.69) is 10.6 Å². The van der Waals surface area contributed by atoms with Gasteiger partial charge in [0.1, 0.15) is 0 Å². The molecule has 1 rings (SSSR count). The Morgan fingerprint density at radius 1 is 1.50 bits per heavy atom. The minimum absolute atomic E-state index is 0.0323. The van der Waals surface area contributed by atoms with Crippen molar-refractivity contribution in [1.82, 2.24) is 10.6 Å². The summed E-state index contributed by atoms with van der Waals surface area (Å²) in [5.74, 6) is 0.704. The van der Waals surface area contributed by atoms with E-state index in [-0.39, 0.29) is 5.91 Å². The number of rotatable bonds is 9. The number of carbonyl (C=O) groups excluding carboxylic acids is 1. The number of aliphatic hydroxyl groups excluding tert-OH is 1. The number of amides is 1. The summed E-state index contributed by atoms with van der Waals surface area (Å²) in [7, 11) is 0. The first-order chi connectivity index (χ1) is 7.68. The molecule has 1 unspecified atom stereocenters. The zero-order valence-corrected chi connectivity index (χ0v) is 9.87. The molecule has 0 heterocycles. The van der Waals surface area contributed by atoms with Crippen LogP contribution in [0.25, 0.3) is 0 Å². The molecular formula is C11H22N2O3. The van der Waals surface area contributed by atoms with E-state index >= 15 is 0 Å². The molecule has 0 aromatic carbocycles. The van der Waals surface area contributed by atoms with E-state index in [1.807, 2.05) is 0 Å². The maximum absolute atomic E-state index is 10.5. The lowest BCUT2D eigenvalue weighted by Gasteiger charge is -2.12. The van der Waals surface area contributed by atoms with Crippen LogP contribution < -0.4 is 10.6 Å². The van der Waals surface area contributed by atoms with Crippen LogP contribution in [0.4, 0.5) is 0 Å². The topological polar surface area (TPSA) is 70.6 Å². The number of hydrogen-bond donors (Lipinski definition) is 3. The van der Waals surface area contributed by atoms with Gasteiger partial charge < -0.3 is 20.5 Å². The molecule has 16 heavy (non-hydrogen) atoms. The third-order valence-electron chi connectivity index (χ3n) is 2.42. The van der Waals surface area contributed by atoms with Crippen LogP contribution in [-0.2, 0) is 9.53 Å². The van der Waals surface area contributed by atoms with Gasteiger partial charge in [-0.25, -0.2) is 0 Å². The summed E-state index contributed by atoms with van der Waals surface area (Å²) >= 11 is 0. The lowest BCUT2D eigenvalue weighted by Crippen LogP contribution is -2.36. The molecule has 0 radical (unpaired) electrons. The number of ether oxygens (including phenoxy) is 1. The van der Waals surface area contributed by atoms with Crippen molar-refractivity contribution in [2.45, 2.75) is 25.9 Å². The fraction of sp³-hybridized carbons (Fsp3) is 0.909. The molecule has 1 aliphatic carbocycles. The van der Waals surface area contributed by atoms with Gasteiger partial charge in [-0.3, -0.25) is 4.79 Å². The Labute approximate surface area is 96.6 Å². The molecule has 0 bridgehead atoms. The third kappa shape index (κ3) is 7.62. The molecule has 0 aliphatic heterocycles. The highest BCUT2D eigenvalue weighted by molar-refractivity contribution is 5.72. The Hall–Kier alpha value is -0.650. The van der Waals surface area contributed by atoms with Gasteiger partial charge in [0, 0.05) is 33.2 Å². The zero-order chi connectivity index (χ0) is 11.8. The summed E-state index contributed by atoms with van der Waals surface area (Å²) in [6, 6.07) is 0. The molecule has 5 heteroatoms. The molecule has 5 nitrogen and oxygen atoms in total. The van der Waals surface area contributed by atoms with Crippen LogP contribution in [-0.4, -0.2) is 50.0 Å². The fourth-order valence-corrected chi connectivity index (χ4v) is 1.31. The predicted octanol–water partition coefficient (Wildman–Crippen LogP) is -0.500. The summed E-state index contributed by atoms with van der Waals surface area (Å²) in [4.78, 5) is 10.5. The number of carbonyl (C=O) groups is 1. The van der Waals surface area contributed by atoms with Crippen LogP contribution in [0, 0.1) is 5.92 Å². The van der Waals surface area contributed by atoms with Gasteiger partial charge in [0.25, 0.3) is 0 Å². The van der Waals surface area contributed by atoms with Gasteiger partial charge in [0.05, 0.1) is 12.7 Å². The van der Waals surface area contributed by atoms with Crippen molar-refractivity contribution in [3.63, 3.8) is 0 Å². The van der Waals surface area contributed by atoms with Gasteiger partial charge in [-0.2, -0.15) is 0 Å². The van der Waals surface area contributed by atoms with E-state index in [4.69, 9.17) is 4.74 Å². The van der Waals surface area contributed by atoms with E-state index in [1.54, 1.807) is 0 Å². The molecule has 0 saturated heterocycles. The van der Waals surface area contributed by atoms with Gasteiger partial charge in [-0.15, -0.1) is 0 Å². The van der Waals surface area contributed by atoms with E-state index in [0.29, 0.717) is 26.2 Å². The monoisotopic (exact) mass is 230 g/mol. The largest absolute Gasteiger partial charge is 0.389 e. The van der Waals surface area contributed by atoms with Crippen molar-refractivity contribution in [2.24, 2.45) is 5.92 Å². The first-order valence-electron chi connectivity index (χ1n) is 5.89. The van der Waals surface area contributed by atoms with Crippen LogP contribution >= 0.6 is 0 Å². The van der Waals surface area contributed by atoms with Gasteiger partial charge in [-0.05, 0) is 18.8 Å². The highest BCUT2D eigenvalue weighted by atomic mass is 16.5. The SMILES string of the molecule is CC(=O)NCCNCC(O)COCC1CC1. The van der Waals surface area contributed by atoms with Gasteiger partial charge in [0.2, 0.25) is 5.91 Å². The molecule has 1 atom stereocenters. The molecule has 1 saturated carbocycles. The number of nitrogens with one attached hydrogen (secondary N) is 2. The maximum Gasteiger partial charge on any atom is 0.216 e. The Kier molecular flexibility index (Phi) is 6.37. The molecule has 0 aromatic rings. The Morgan fingerprint density at radius 2 is 2.25 bits per heavy atom. The maximum atomic E-state index is 10.5. The molecule has 1 aliphatic rings. The van der Waals surface area contributed by atoms with Gasteiger partial charge in [-0.1, -0.05) is 0 Å². The van der Waals surface area contributed by atoms with E-state index in [0.717, 1.165) is 12.5 Å². The molecular weight excluding hydrogens is 208 g/mol. The summed E-state index contributed by atoms with van der Waals surface area (Å²) in [5.41, 5.74) is 0. The van der Waals surface area contributed by atoms with Crippen LogP contribution in [0.5, 0.6) is 0 Å². The standard InChI is InChI=1S/C11H22N2O3/c1-9(14)13-5-4-12-6-11(15)8-16-7-10-2-3-10/h10-12,15H,2-8H2,1H3,(H,13,14). The van der Waals surface area contributed by atoms with E-state index < -0.39 is 6.10 Å². The first kappa shape index (κ1) is 13.4. The quantitative estimate of drug-likeness (QED) is 0.467. The first-order valence-corrected chi connectivity index (χ1v) is 5.89. The lowest BCUT2D eigenvalue weighted by molar-refractivity contribution is -0.118. The lowest BCUT2D eigenvalue weighted by atomic mass is 10.3. The Balaban J connectivity index is 1.81. The summed E-state index contributed by atoms with van der Waals surface area (Å²) < 4.78 is 5.35. The van der Waals surface area contributed by atoms with Crippen molar-refractivity contribution in [2.75, 3.05) is 32.8 Å². The second-order valence-electron chi connectivity index (χ2n) is 4.32. The van der Waals surface area contributed by atoms with Crippen LogP contribution in [0.2, 0.25) is 0 Å². The van der Waals surface area contributed by atoms with Crippen molar-refractivity contribution >= 4 is 5.91 Å². The van der Waals surface area contributed by atoms with E-state index in [9.17, 15) is 9.90 Å². The molecule has 0 aromatic heterocycles. The van der Waals surface area contributed by atoms with Crippen molar-refractivity contribution in [3.8, 4) is 0 Å². The number of hydrogen-bond acceptors (Lipinski definition) is 4. The van der Waals surface area contributed by atoms with Gasteiger partial charge >= 0.3 is 0 Å². The van der Waals surface area contributed by atoms with Crippen LogP contribution in [0.1, 0.15) is 19.8 Å². The number of aliphatic hydroxyl groups is 1. The summed E-state index contributed by atoms with van der Waals surface area (Å²) in [5, 5.41) is 15.2. The minimum Gasteiger partial charge on any atom is -0.389 e. The van der Waals surface area contributed by atoms with Crippen molar-refractivity contribution in [1.29, 1.82) is 0 Å². The molecule has 0 spiro atoms. The zero-order valence-electron chi connectivity index (χ0n) is 9.87. The second-order valence-corrected chi connectivity index (χ2v) is 4.32. The summed E-state index contributed by atoms with van der Waals surface area (Å²) in [6.45, 7) is 4.42. The molecule has 94 valence electrons. The third-order valence-corrected chi connectivity index (χ3v) is 2.42. The van der Waals surface area contributed by atoms with Crippen LogP contribution in [0.3, 0.4) is 0 Å². The highest BCUT2D eigenvalue weighted by Gasteiger charge is 2.21. The summed E-state index contributed by atoms with van der Waals surface area (Å²) in [6.07, 6.45) is 2.08. The molecule has 1 amide bonds. The smallest absolute Gasteiger partial charge is 0.216 e. The van der Waals surface area contributed by atoms with E-state index in [1.165, 1.54) is 19.8 Å². The van der Waals surface area contributed by atoms with Crippen LogP contribution in [0.15, 0.2) is 0 Å². The van der Waals surface area contributed by atoms with Crippen molar-refractivity contribution < 1.29 is 14.6 Å². The average Bonchev–Trinajstić information content (AvgIpc) is 3.00. The Bertz CT molecular complexity index is 207. The molecule has 3 N–H and O–H groups in total. The fourth-order valence-electron chi connectivity index (χ4n) is 1.31. The Morgan fingerprint density at radius 3 is 2.88 bits per heavy atom. The minimum atomic E-state index is -0.462. The predicted molar refractivity (Wildman–Crippen MR) is 61.1 cm³/mol. The van der Waals surface area contributed by atoms with Gasteiger partial charge in [0.15, 0.2) is 0 Å². The average molecular weight is 230 g/mol.